The number of aliphatic hydroxyl groups is 4. The summed E-state index contributed by atoms with van der Waals surface area (Å²) in [4.78, 5) is 11.0. The van der Waals surface area contributed by atoms with Crippen LogP contribution >= 0.6 is 0 Å². The zero-order valence-corrected chi connectivity index (χ0v) is 16.5. The highest BCUT2D eigenvalue weighted by molar-refractivity contribution is 7.83. The fourth-order valence-corrected chi connectivity index (χ4v) is 3.87. The van der Waals surface area contributed by atoms with Gasteiger partial charge in [-0.3, -0.25) is 4.18 Å². The smallest absolute Gasteiger partial charge is 0.231 e. The number of ether oxygens (including phenoxy) is 3. The Hall–Kier alpha value is -1.49. The summed E-state index contributed by atoms with van der Waals surface area (Å²) in [6, 6.07) is -2.07. The maximum atomic E-state index is 11.0. The van der Waals surface area contributed by atoms with Crippen LogP contribution in [0.15, 0.2) is 11.8 Å². The number of rotatable bonds is 8. The Balaban J connectivity index is 2.36. The molecule has 2 heterocycles. The van der Waals surface area contributed by atoms with Gasteiger partial charge in [0, 0.05) is 0 Å². The first-order valence-corrected chi connectivity index (χ1v) is 10.8. The van der Waals surface area contributed by atoms with Crippen molar-refractivity contribution in [3.8, 4) is 0 Å². The molecule has 0 aromatic carbocycles. The van der Waals surface area contributed by atoms with Crippen LogP contribution in [0.1, 0.15) is 0 Å². The number of nitrogens with one attached hydrogen (secondary N) is 1. The average molecular weight is 494 g/mol. The Morgan fingerprint density at radius 2 is 1.77 bits per heavy atom. The van der Waals surface area contributed by atoms with Gasteiger partial charge in [0.05, 0.1) is 6.61 Å². The van der Waals surface area contributed by atoms with Crippen molar-refractivity contribution >= 4 is 26.7 Å². The third kappa shape index (κ3) is 6.74. The average Bonchev–Trinajstić information content (AvgIpc) is 2.61. The molecule has 180 valence electrons. The van der Waals surface area contributed by atoms with Crippen LogP contribution in [0.4, 0.5) is 0 Å². The molecule has 1 fully saturated rings. The first kappa shape index (κ1) is 25.8. The molecule has 1 saturated heterocycles. The van der Waals surface area contributed by atoms with Crippen molar-refractivity contribution in [2.24, 2.45) is 0 Å². The lowest BCUT2D eigenvalue weighted by Crippen LogP contribution is -2.66. The van der Waals surface area contributed by atoms with Gasteiger partial charge in [-0.05, 0) is 6.08 Å². The second-order valence-electron chi connectivity index (χ2n) is 6.20. The van der Waals surface area contributed by atoms with Crippen molar-refractivity contribution in [1.29, 1.82) is 0 Å². The summed E-state index contributed by atoms with van der Waals surface area (Å²) in [6.45, 7) is -1.01. The SMILES string of the molecule is O=C([O-])C1=CC(O)C(OS(=O)(=O)[O-])C(OC2C(CO)OC(O)C(NS(=O)(=O)[O-])C2O)O1. The van der Waals surface area contributed by atoms with Gasteiger partial charge in [-0.2, -0.15) is 0 Å². The van der Waals surface area contributed by atoms with Crippen molar-refractivity contribution in [2.75, 3.05) is 6.61 Å². The van der Waals surface area contributed by atoms with Crippen LogP contribution in [0, 0.1) is 0 Å². The Bertz CT molecular complexity index is 902. The molecule has 0 saturated carbocycles. The van der Waals surface area contributed by atoms with Crippen LogP contribution in [0.2, 0.25) is 0 Å². The molecule has 8 atom stereocenters. The second kappa shape index (κ2) is 9.56. The van der Waals surface area contributed by atoms with Crippen molar-refractivity contribution < 1.29 is 74.7 Å². The summed E-state index contributed by atoms with van der Waals surface area (Å²) >= 11 is 0. The summed E-state index contributed by atoms with van der Waals surface area (Å²) in [5, 5.41) is 50.4. The molecule has 2 aliphatic heterocycles. The van der Waals surface area contributed by atoms with Gasteiger partial charge < -0.3 is 53.6 Å². The van der Waals surface area contributed by atoms with Gasteiger partial charge in [-0.15, -0.1) is 0 Å². The molecule has 0 aromatic heterocycles. The van der Waals surface area contributed by atoms with E-state index >= 15 is 0 Å². The van der Waals surface area contributed by atoms with Crippen molar-refractivity contribution in [1.82, 2.24) is 4.72 Å². The van der Waals surface area contributed by atoms with E-state index in [1.54, 1.807) is 0 Å². The number of aliphatic carboxylic acids is 1. The van der Waals surface area contributed by atoms with E-state index in [0.29, 0.717) is 6.08 Å². The first-order chi connectivity index (χ1) is 14.1. The van der Waals surface area contributed by atoms with Gasteiger partial charge in [0.2, 0.25) is 16.7 Å². The molecule has 0 aromatic rings. The Kier molecular flexibility index (Phi) is 7.95. The number of carbonyl (C=O) groups is 1. The Morgan fingerprint density at radius 1 is 1.16 bits per heavy atom. The lowest BCUT2D eigenvalue weighted by Gasteiger charge is -2.45. The third-order valence-corrected chi connectivity index (χ3v) is 5.06. The first-order valence-electron chi connectivity index (χ1n) is 8.06. The van der Waals surface area contributed by atoms with Crippen LogP contribution in [0.5, 0.6) is 0 Å². The van der Waals surface area contributed by atoms with Crippen LogP contribution in [0.25, 0.3) is 0 Å². The number of carbonyl (C=O) groups excluding carboxylic acids is 1. The fourth-order valence-electron chi connectivity index (χ4n) is 2.80. The number of carboxylic acids is 1. The third-order valence-electron chi connectivity index (χ3n) is 4.04. The lowest BCUT2D eigenvalue weighted by atomic mass is 9.97. The molecular formula is C12H16NO16S2-3. The minimum Gasteiger partial charge on any atom is -0.735 e. The van der Waals surface area contributed by atoms with Gasteiger partial charge in [-0.1, -0.05) is 0 Å². The summed E-state index contributed by atoms with van der Waals surface area (Å²) in [6.07, 6.45) is -14.2. The topological polar surface area (TPSA) is 284 Å². The van der Waals surface area contributed by atoms with Gasteiger partial charge in [-0.25, -0.2) is 21.6 Å². The van der Waals surface area contributed by atoms with E-state index in [0.717, 1.165) is 0 Å². The monoisotopic (exact) mass is 494 g/mol. The lowest BCUT2D eigenvalue weighted by molar-refractivity contribution is -0.320. The highest BCUT2D eigenvalue weighted by atomic mass is 32.3. The Morgan fingerprint density at radius 3 is 2.26 bits per heavy atom. The van der Waals surface area contributed by atoms with E-state index in [1.165, 1.54) is 4.72 Å². The van der Waals surface area contributed by atoms with E-state index in [4.69, 9.17) is 14.2 Å². The Labute approximate surface area is 174 Å². The second-order valence-corrected chi connectivity index (χ2v) is 8.35. The molecule has 5 N–H and O–H groups in total. The highest BCUT2D eigenvalue weighted by Crippen LogP contribution is 2.29. The van der Waals surface area contributed by atoms with Crippen LogP contribution in [-0.2, 0) is 43.9 Å². The van der Waals surface area contributed by atoms with E-state index in [1.807, 2.05) is 0 Å². The minimum absolute atomic E-state index is 0.417. The number of hydrogen-bond donors (Lipinski definition) is 5. The molecule has 0 amide bonds. The number of hydrogen-bond acceptors (Lipinski definition) is 16. The van der Waals surface area contributed by atoms with Gasteiger partial charge >= 0.3 is 0 Å². The maximum Gasteiger partial charge on any atom is 0.231 e. The predicted octanol–water partition coefficient (Wildman–Crippen LogP) is -6.94. The maximum absolute atomic E-state index is 11.0. The van der Waals surface area contributed by atoms with Gasteiger partial charge in [0.1, 0.15) is 42.2 Å². The fraction of sp³-hybridized carbons (Fsp3) is 0.750. The largest absolute Gasteiger partial charge is 0.735 e. The zero-order chi connectivity index (χ0) is 23.7. The van der Waals surface area contributed by atoms with Crippen LogP contribution < -0.4 is 9.83 Å². The van der Waals surface area contributed by atoms with Crippen LogP contribution in [-0.4, -0.2) is 108 Å². The van der Waals surface area contributed by atoms with Gasteiger partial charge in [0.15, 0.2) is 22.7 Å². The molecule has 8 unspecified atom stereocenters. The van der Waals surface area contributed by atoms with Crippen molar-refractivity contribution in [2.45, 2.75) is 49.1 Å². The van der Waals surface area contributed by atoms with Crippen molar-refractivity contribution in [3.05, 3.63) is 11.8 Å². The zero-order valence-electron chi connectivity index (χ0n) is 14.9. The van der Waals surface area contributed by atoms with E-state index < -0.39 is 88.2 Å². The summed E-state index contributed by atoms with van der Waals surface area (Å²) in [5.41, 5.74) is 0. The molecule has 31 heavy (non-hydrogen) atoms. The molecule has 2 rings (SSSR count). The molecular weight excluding hydrogens is 478 g/mol. The summed E-state index contributed by atoms with van der Waals surface area (Å²) in [7, 11) is -10.8. The predicted molar refractivity (Wildman–Crippen MR) is 84.0 cm³/mol. The quantitative estimate of drug-likeness (QED) is 0.155. The van der Waals surface area contributed by atoms with E-state index in [-0.39, 0.29) is 0 Å². The van der Waals surface area contributed by atoms with Crippen LogP contribution in [0.3, 0.4) is 0 Å². The molecule has 0 aliphatic carbocycles. The van der Waals surface area contributed by atoms with E-state index in [2.05, 4.69) is 4.18 Å². The highest BCUT2D eigenvalue weighted by Gasteiger charge is 2.49. The molecule has 0 bridgehead atoms. The normalized spacial score (nSPS) is 37.0. The summed E-state index contributed by atoms with van der Waals surface area (Å²) in [5.74, 6) is -3.10. The van der Waals surface area contributed by atoms with Gasteiger partial charge in [0.25, 0.3) is 0 Å². The molecule has 2 aliphatic rings. The summed E-state index contributed by atoms with van der Waals surface area (Å²) < 4.78 is 85.6. The molecule has 0 radical (unpaired) electrons. The van der Waals surface area contributed by atoms with Crippen molar-refractivity contribution in [3.63, 3.8) is 0 Å². The minimum atomic E-state index is -5.52. The molecule has 0 spiro atoms. The van der Waals surface area contributed by atoms with E-state index in [9.17, 15) is 56.3 Å². The molecule has 17 nitrogen and oxygen atoms in total. The molecule has 19 heteroatoms. The number of aliphatic hydroxyl groups excluding tert-OH is 4. The standard InChI is InChI=1S/C12H19NO16S2/c14-2-5-9(7(16)6(11(19)26-5)13-30(20,21)22)28-12-8(29-31(23,24)25)3(15)1-4(27-12)10(17)18/h1,3,5-9,11-16,19H,2H2,(H,17,18)(H,20,21,22)(H,23,24,25)/p-3. The number of carboxylic acid groups (broad SMARTS) is 1.